The van der Waals surface area contributed by atoms with Gasteiger partial charge in [-0.15, -0.1) is 0 Å². The molecule has 0 atom stereocenters. The number of anilines is 1. The van der Waals surface area contributed by atoms with Gasteiger partial charge in [-0.1, -0.05) is 11.8 Å². The maximum atomic E-state index is 13.5. The van der Waals surface area contributed by atoms with Gasteiger partial charge < -0.3 is 10.4 Å². The van der Waals surface area contributed by atoms with Gasteiger partial charge in [0, 0.05) is 24.3 Å². The summed E-state index contributed by atoms with van der Waals surface area (Å²) in [5.41, 5.74) is 0.747. The highest BCUT2D eigenvalue weighted by Crippen LogP contribution is 2.14. The topological polar surface area (TPSA) is 49.3 Å². The zero-order valence-corrected chi connectivity index (χ0v) is 11.5. The van der Waals surface area contributed by atoms with Crippen molar-refractivity contribution in [2.75, 3.05) is 23.9 Å². The number of hydrogen-bond donors (Lipinski definition) is 2. The molecule has 0 aliphatic rings. The summed E-state index contributed by atoms with van der Waals surface area (Å²) >= 11 is 1.59. The Balaban J connectivity index is 2.73. The molecule has 5 heteroatoms. The molecule has 0 radical (unpaired) electrons. The van der Waals surface area contributed by atoms with E-state index in [2.05, 4.69) is 17.2 Å². The molecular formula is C14H16FNO2S. The van der Waals surface area contributed by atoms with Crippen molar-refractivity contribution < 1.29 is 14.3 Å². The number of rotatable bonds is 5. The molecule has 0 unspecified atom stereocenters. The molecule has 0 aliphatic heterocycles. The molecule has 1 amide bonds. The van der Waals surface area contributed by atoms with Crippen molar-refractivity contribution in [3.05, 3.63) is 29.6 Å². The third kappa shape index (κ3) is 5.77. The van der Waals surface area contributed by atoms with Gasteiger partial charge in [-0.05, 0) is 24.5 Å². The van der Waals surface area contributed by atoms with Crippen LogP contribution in [0.1, 0.15) is 18.4 Å². The predicted octanol–water partition coefficient (Wildman–Crippen LogP) is 2.25. The van der Waals surface area contributed by atoms with E-state index in [0.29, 0.717) is 18.5 Å². The van der Waals surface area contributed by atoms with Crippen molar-refractivity contribution in [1.29, 1.82) is 0 Å². The molecule has 0 aromatic heterocycles. The Morgan fingerprint density at radius 1 is 1.53 bits per heavy atom. The maximum absolute atomic E-state index is 13.5. The van der Waals surface area contributed by atoms with Crippen molar-refractivity contribution in [3.8, 4) is 11.8 Å². The molecule has 1 aromatic carbocycles. The second-order valence-electron chi connectivity index (χ2n) is 3.76. The van der Waals surface area contributed by atoms with Gasteiger partial charge in [0.25, 0.3) is 0 Å². The van der Waals surface area contributed by atoms with E-state index in [1.165, 1.54) is 18.2 Å². The van der Waals surface area contributed by atoms with Gasteiger partial charge in [0.05, 0.1) is 12.2 Å². The van der Waals surface area contributed by atoms with Gasteiger partial charge in [0.1, 0.15) is 5.82 Å². The first-order valence-corrected chi connectivity index (χ1v) is 7.25. The molecule has 1 rings (SSSR count). The standard InChI is InChI=1S/C14H16FNO2S/c1-19-9-7-14(18)16-12-5-6-13(15)11(10-12)4-2-3-8-17/h5-6,10,17H,3,7-9H2,1H3,(H,16,18). The fourth-order valence-corrected chi connectivity index (χ4v) is 1.72. The van der Waals surface area contributed by atoms with E-state index in [0.717, 1.165) is 5.75 Å². The molecule has 2 N–H and O–H groups in total. The predicted molar refractivity (Wildman–Crippen MR) is 76.6 cm³/mol. The lowest BCUT2D eigenvalue weighted by molar-refractivity contribution is -0.115. The highest BCUT2D eigenvalue weighted by atomic mass is 32.2. The summed E-state index contributed by atoms with van der Waals surface area (Å²) in [6.45, 7) is -0.0558. The highest BCUT2D eigenvalue weighted by molar-refractivity contribution is 7.98. The maximum Gasteiger partial charge on any atom is 0.225 e. The molecule has 19 heavy (non-hydrogen) atoms. The third-order valence-electron chi connectivity index (χ3n) is 2.24. The number of hydrogen-bond acceptors (Lipinski definition) is 3. The SMILES string of the molecule is CSCCC(=O)Nc1ccc(F)c(C#CCCO)c1. The number of amides is 1. The summed E-state index contributed by atoms with van der Waals surface area (Å²) in [5.74, 6) is 5.49. The van der Waals surface area contributed by atoms with Crippen molar-refractivity contribution in [3.63, 3.8) is 0 Å². The second kappa shape index (κ2) is 8.57. The fourth-order valence-electron chi connectivity index (χ4n) is 1.33. The second-order valence-corrected chi connectivity index (χ2v) is 4.75. The van der Waals surface area contributed by atoms with Crippen molar-refractivity contribution in [2.45, 2.75) is 12.8 Å². The molecule has 0 aliphatic carbocycles. The van der Waals surface area contributed by atoms with E-state index in [-0.39, 0.29) is 18.1 Å². The molecule has 0 heterocycles. The summed E-state index contributed by atoms with van der Waals surface area (Å²) in [6.07, 6.45) is 2.65. The summed E-state index contributed by atoms with van der Waals surface area (Å²) in [4.78, 5) is 11.5. The van der Waals surface area contributed by atoms with Crippen LogP contribution >= 0.6 is 11.8 Å². The van der Waals surface area contributed by atoms with Gasteiger partial charge in [-0.2, -0.15) is 11.8 Å². The van der Waals surface area contributed by atoms with Crippen molar-refractivity contribution >= 4 is 23.4 Å². The zero-order valence-electron chi connectivity index (χ0n) is 10.7. The normalized spacial score (nSPS) is 9.63. The summed E-state index contributed by atoms with van der Waals surface area (Å²) in [7, 11) is 0. The van der Waals surface area contributed by atoms with E-state index in [9.17, 15) is 9.18 Å². The van der Waals surface area contributed by atoms with Crippen LogP contribution in [0.25, 0.3) is 0 Å². The summed E-state index contributed by atoms with van der Waals surface area (Å²) in [6, 6.07) is 4.27. The number of thioether (sulfide) groups is 1. The monoisotopic (exact) mass is 281 g/mol. The minimum absolute atomic E-state index is 0.0558. The smallest absolute Gasteiger partial charge is 0.225 e. The molecule has 0 fully saturated rings. The molecule has 0 bridgehead atoms. The Hall–Kier alpha value is -1.51. The first-order chi connectivity index (χ1) is 9.17. The van der Waals surface area contributed by atoms with Crippen molar-refractivity contribution in [2.24, 2.45) is 0 Å². The number of nitrogens with one attached hydrogen (secondary N) is 1. The molecule has 3 nitrogen and oxygen atoms in total. The first kappa shape index (κ1) is 15.5. The Kier molecular flexibility index (Phi) is 7.01. The molecule has 0 spiro atoms. The number of aliphatic hydroxyl groups excluding tert-OH is 1. The molecule has 1 aromatic rings. The number of carbonyl (C=O) groups is 1. The molecule has 102 valence electrons. The Morgan fingerprint density at radius 3 is 3.00 bits per heavy atom. The number of aliphatic hydroxyl groups is 1. The lowest BCUT2D eigenvalue weighted by atomic mass is 10.2. The van der Waals surface area contributed by atoms with Crippen LogP contribution in [0, 0.1) is 17.7 Å². The van der Waals surface area contributed by atoms with Crippen LogP contribution in [0.2, 0.25) is 0 Å². The van der Waals surface area contributed by atoms with Gasteiger partial charge in [0.2, 0.25) is 5.91 Å². The van der Waals surface area contributed by atoms with Crippen LogP contribution in [-0.2, 0) is 4.79 Å². The summed E-state index contributed by atoms with van der Waals surface area (Å²) in [5, 5.41) is 11.3. The van der Waals surface area contributed by atoms with Crippen LogP contribution < -0.4 is 5.32 Å². The quantitative estimate of drug-likeness (QED) is 0.814. The largest absolute Gasteiger partial charge is 0.395 e. The third-order valence-corrected chi connectivity index (χ3v) is 2.86. The minimum atomic E-state index is -0.437. The number of carbonyl (C=O) groups excluding carboxylic acids is 1. The Bertz CT molecular complexity index is 494. The van der Waals surface area contributed by atoms with E-state index < -0.39 is 5.82 Å². The van der Waals surface area contributed by atoms with E-state index in [1.807, 2.05) is 6.26 Å². The van der Waals surface area contributed by atoms with E-state index >= 15 is 0 Å². The van der Waals surface area contributed by atoms with Gasteiger partial charge in [0.15, 0.2) is 0 Å². The lowest BCUT2D eigenvalue weighted by Gasteiger charge is -2.05. The van der Waals surface area contributed by atoms with Crippen molar-refractivity contribution in [1.82, 2.24) is 0 Å². The number of halogens is 1. The van der Waals surface area contributed by atoms with Crippen LogP contribution in [0.5, 0.6) is 0 Å². The Morgan fingerprint density at radius 2 is 2.32 bits per heavy atom. The molecule has 0 saturated carbocycles. The zero-order chi connectivity index (χ0) is 14.1. The fraction of sp³-hybridized carbons (Fsp3) is 0.357. The van der Waals surface area contributed by atoms with Crippen LogP contribution in [0.15, 0.2) is 18.2 Å². The Labute approximate surface area is 116 Å². The van der Waals surface area contributed by atoms with Gasteiger partial charge >= 0.3 is 0 Å². The molecule has 0 saturated heterocycles. The van der Waals surface area contributed by atoms with E-state index in [4.69, 9.17) is 5.11 Å². The number of benzene rings is 1. The highest BCUT2D eigenvalue weighted by Gasteiger charge is 2.05. The van der Waals surface area contributed by atoms with Crippen LogP contribution in [0.3, 0.4) is 0 Å². The first-order valence-electron chi connectivity index (χ1n) is 5.85. The average Bonchev–Trinajstić information content (AvgIpc) is 2.40. The lowest BCUT2D eigenvalue weighted by Crippen LogP contribution is -2.12. The average molecular weight is 281 g/mol. The summed E-state index contributed by atoms with van der Waals surface area (Å²) < 4.78 is 13.5. The van der Waals surface area contributed by atoms with Crippen LogP contribution in [-0.4, -0.2) is 29.6 Å². The minimum Gasteiger partial charge on any atom is -0.395 e. The van der Waals surface area contributed by atoms with Gasteiger partial charge in [-0.3, -0.25) is 4.79 Å². The molecular weight excluding hydrogens is 265 g/mol. The van der Waals surface area contributed by atoms with Crippen LogP contribution in [0.4, 0.5) is 10.1 Å². The van der Waals surface area contributed by atoms with E-state index in [1.54, 1.807) is 11.8 Å². The van der Waals surface area contributed by atoms with Gasteiger partial charge in [-0.25, -0.2) is 4.39 Å².